The zero-order valence-electron chi connectivity index (χ0n) is 11.0. The minimum atomic E-state index is -3.51. The largest absolute Gasteiger partial charge is 0.261 e. The Labute approximate surface area is 124 Å². The van der Waals surface area contributed by atoms with Crippen molar-refractivity contribution in [3.63, 3.8) is 0 Å². The van der Waals surface area contributed by atoms with Crippen LogP contribution >= 0.6 is 11.6 Å². The lowest BCUT2D eigenvalue weighted by Crippen LogP contribution is -2.29. The molecule has 0 unspecified atom stereocenters. The Bertz CT molecular complexity index is 675. The van der Waals surface area contributed by atoms with Crippen molar-refractivity contribution in [2.24, 2.45) is 0 Å². The van der Waals surface area contributed by atoms with E-state index in [1.54, 1.807) is 31.4 Å². The van der Waals surface area contributed by atoms with Gasteiger partial charge in [0, 0.05) is 36.9 Å². The van der Waals surface area contributed by atoms with E-state index in [-0.39, 0.29) is 4.90 Å². The quantitative estimate of drug-likeness (QED) is 0.853. The standard InChI is InChI=1S/C14H15ClN2O2S/c1-17(10-8-13-6-2-3-9-16-13)20(18,19)14-7-4-5-12(15)11-14/h2-7,9,11H,8,10H2,1H3. The van der Waals surface area contributed by atoms with Gasteiger partial charge in [0.15, 0.2) is 0 Å². The Hall–Kier alpha value is -1.43. The summed E-state index contributed by atoms with van der Waals surface area (Å²) in [6.07, 6.45) is 2.26. The van der Waals surface area contributed by atoms with Gasteiger partial charge >= 0.3 is 0 Å². The maximum absolute atomic E-state index is 12.4. The van der Waals surface area contributed by atoms with Crippen LogP contribution in [-0.2, 0) is 16.4 Å². The fourth-order valence-electron chi connectivity index (χ4n) is 1.75. The maximum Gasteiger partial charge on any atom is 0.242 e. The Morgan fingerprint density at radius 2 is 2.00 bits per heavy atom. The van der Waals surface area contributed by atoms with E-state index in [9.17, 15) is 8.42 Å². The van der Waals surface area contributed by atoms with E-state index < -0.39 is 10.0 Å². The molecule has 0 radical (unpaired) electrons. The van der Waals surface area contributed by atoms with E-state index in [1.807, 2.05) is 18.2 Å². The minimum Gasteiger partial charge on any atom is -0.261 e. The minimum absolute atomic E-state index is 0.202. The predicted molar refractivity (Wildman–Crippen MR) is 79.2 cm³/mol. The van der Waals surface area contributed by atoms with Crippen molar-refractivity contribution >= 4 is 21.6 Å². The number of aromatic nitrogens is 1. The summed E-state index contributed by atoms with van der Waals surface area (Å²) in [5.74, 6) is 0. The average Bonchev–Trinajstić information content (AvgIpc) is 2.45. The van der Waals surface area contributed by atoms with Gasteiger partial charge in [-0.05, 0) is 30.3 Å². The first-order chi connectivity index (χ1) is 9.50. The highest BCUT2D eigenvalue weighted by Crippen LogP contribution is 2.18. The van der Waals surface area contributed by atoms with Crippen LogP contribution in [0.25, 0.3) is 0 Å². The third-order valence-corrected chi connectivity index (χ3v) is 5.00. The molecule has 106 valence electrons. The highest BCUT2D eigenvalue weighted by atomic mass is 35.5. The summed E-state index contributed by atoms with van der Waals surface area (Å²) in [6, 6.07) is 11.9. The fraction of sp³-hybridized carbons (Fsp3) is 0.214. The molecule has 0 amide bonds. The zero-order valence-corrected chi connectivity index (χ0v) is 12.6. The van der Waals surface area contributed by atoms with E-state index in [1.165, 1.54) is 10.4 Å². The van der Waals surface area contributed by atoms with E-state index in [4.69, 9.17) is 11.6 Å². The highest BCUT2D eigenvalue weighted by molar-refractivity contribution is 7.89. The van der Waals surface area contributed by atoms with Crippen LogP contribution in [0, 0.1) is 0 Å². The molecule has 0 aliphatic rings. The van der Waals surface area contributed by atoms with Gasteiger partial charge in [0.05, 0.1) is 4.90 Å². The highest BCUT2D eigenvalue weighted by Gasteiger charge is 2.20. The smallest absolute Gasteiger partial charge is 0.242 e. The number of halogens is 1. The van der Waals surface area contributed by atoms with E-state index >= 15 is 0 Å². The van der Waals surface area contributed by atoms with Gasteiger partial charge in [-0.1, -0.05) is 23.7 Å². The second kappa shape index (κ2) is 6.35. The lowest BCUT2D eigenvalue weighted by molar-refractivity contribution is 0.471. The van der Waals surface area contributed by atoms with Crippen molar-refractivity contribution in [1.29, 1.82) is 0 Å². The van der Waals surface area contributed by atoms with Crippen molar-refractivity contribution in [3.8, 4) is 0 Å². The summed E-state index contributed by atoms with van der Waals surface area (Å²) in [6.45, 7) is 0.367. The molecule has 2 rings (SSSR count). The third-order valence-electron chi connectivity index (χ3n) is 2.91. The lowest BCUT2D eigenvalue weighted by atomic mass is 10.3. The van der Waals surface area contributed by atoms with Crippen LogP contribution in [0.15, 0.2) is 53.6 Å². The average molecular weight is 311 g/mol. The fourth-order valence-corrected chi connectivity index (χ4v) is 3.22. The van der Waals surface area contributed by atoms with Crippen LogP contribution in [-0.4, -0.2) is 31.3 Å². The van der Waals surface area contributed by atoms with Gasteiger partial charge in [0.2, 0.25) is 10.0 Å². The number of hydrogen-bond donors (Lipinski definition) is 0. The molecule has 0 aliphatic heterocycles. The van der Waals surface area contributed by atoms with E-state index in [2.05, 4.69) is 4.98 Å². The van der Waals surface area contributed by atoms with Crippen molar-refractivity contribution in [2.75, 3.05) is 13.6 Å². The summed E-state index contributed by atoms with van der Waals surface area (Å²) >= 11 is 5.84. The van der Waals surface area contributed by atoms with Crippen LogP contribution in [0.4, 0.5) is 0 Å². The van der Waals surface area contributed by atoms with Crippen LogP contribution in [0.3, 0.4) is 0 Å². The number of rotatable bonds is 5. The van der Waals surface area contributed by atoms with Crippen molar-refractivity contribution in [1.82, 2.24) is 9.29 Å². The van der Waals surface area contributed by atoms with Crippen LogP contribution in [0.2, 0.25) is 5.02 Å². The first kappa shape index (κ1) is 15.0. The van der Waals surface area contributed by atoms with E-state index in [0.717, 1.165) is 5.69 Å². The second-order valence-corrected chi connectivity index (χ2v) is 6.84. The molecule has 0 bridgehead atoms. The van der Waals surface area contributed by atoms with Gasteiger partial charge in [-0.15, -0.1) is 0 Å². The molecule has 20 heavy (non-hydrogen) atoms. The summed E-state index contributed by atoms with van der Waals surface area (Å²) in [5.41, 5.74) is 0.862. The summed E-state index contributed by atoms with van der Waals surface area (Å²) < 4.78 is 26.0. The van der Waals surface area contributed by atoms with E-state index in [0.29, 0.717) is 18.0 Å². The number of benzene rings is 1. The molecular weight excluding hydrogens is 296 g/mol. The first-order valence-corrected chi connectivity index (χ1v) is 7.94. The number of nitrogens with zero attached hydrogens (tertiary/aromatic N) is 2. The molecule has 0 saturated carbocycles. The first-order valence-electron chi connectivity index (χ1n) is 6.12. The summed E-state index contributed by atoms with van der Waals surface area (Å²) in [4.78, 5) is 4.38. The molecular formula is C14H15ClN2O2S. The van der Waals surface area contributed by atoms with Gasteiger partial charge in [-0.3, -0.25) is 4.98 Å². The molecule has 0 aliphatic carbocycles. The Kier molecular flexibility index (Phi) is 4.75. The number of sulfonamides is 1. The predicted octanol–water partition coefficient (Wildman–Crippen LogP) is 2.60. The monoisotopic (exact) mass is 310 g/mol. The summed E-state index contributed by atoms with van der Waals surface area (Å²) in [7, 11) is -1.96. The molecule has 0 spiro atoms. The van der Waals surface area contributed by atoms with Crippen LogP contribution in [0.1, 0.15) is 5.69 Å². The van der Waals surface area contributed by atoms with Gasteiger partial charge in [0.1, 0.15) is 0 Å². The molecule has 1 aromatic heterocycles. The van der Waals surface area contributed by atoms with Gasteiger partial charge < -0.3 is 0 Å². The zero-order chi connectivity index (χ0) is 14.6. The number of hydrogen-bond acceptors (Lipinski definition) is 3. The summed E-state index contributed by atoms with van der Waals surface area (Å²) in [5, 5.41) is 0.407. The normalized spacial score (nSPS) is 11.8. The van der Waals surface area contributed by atoms with Crippen LogP contribution < -0.4 is 0 Å². The molecule has 0 atom stereocenters. The Morgan fingerprint density at radius 1 is 1.20 bits per heavy atom. The third kappa shape index (κ3) is 3.56. The van der Waals surface area contributed by atoms with Crippen molar-refractivity contribution in [2.45, 2.75) is 11.3 Å². The topological polar surface area (TPSA) is 50.3 Å². The Morgan fingerprint density at radius 3 is 2.65 bits per heavy atom. The lowest BCUT2D eigenvalue weighted by Gasteiger charge is -2.17. The van der Waals surface area contributed by atoms with Gasteiger partial charge in [0.25, 0.3) is 0 Å². The second-order valence-electron chi connectivity index (χ2n) is 4.36. The van der Waals surface area contributed by atoms with Crippen LogP contribution in [0.5, 0.6) is 0 Å². The number of likely N-dealkylation sites (N-methyl/N-ethyl adjacent to an activating group) is 1. The molecule has 4 nitrogen and oxygen atoms in total. The van der Waals surface area contributed by atoms with Gasteiger partial charge in [-0.2, -0.15) is 0 Å². The van der Waals surface area contributed by atoms with Crippen molar-refractivity contribution < 1.29 is 8.42 Å². The molecule has 0 N–H and O–H groups in total. The molecule has 2 aromatic rings. The molecule has 6 heteroatoms. The SMILES string of the molecule is CN(CCc1ccccn1)S(=O)(=O)c1cccc(Cl)c1. The molecule has 1 aromatic carbocycles. The Balaban J connectivity index is 2.10. The van der Waals surface area contributed by atoms with Crippen molar-refractivity contribution in [3.05, 3.63) is 59.4 Å². The molecule has 0 saturated heterocycles. The molecule has 0 fully saturated rings. The molecule has 1 heterocycles. The van der Waals surface area contributed by atoms with Gasteiger partial charge in [-0.25, -0.2) is 12.7 Å². The number of pyridine rings is 1. The maximum atomic E-state index is 12.4.